The van der Waals surface area contributed by atoms with E-state index in [0.29, 0.717) is 18.1 Å². The lowest BCUT2D eigenvalue weighted by Crippen LogP contribution is -2.03. The molecule has 1 aliphatic heterocycles. The van der Waals surface area contributed by atoms with Crippen molar-refractivity contribution in [2.24, 2.45) is 0 Å². The molecule has 4 heteroatoms. The van der Waals surface area contributed by atoms with Gasteiger partial charge in [0, 0.05) is 28.3 Å². The van der Waals surface area contributed by atoms with E-state index in [0.717, 1.165) is 28.2 Å². The van der Waals surface area contributed by atoms with Crippen molar-refractivity contribution in [2.45, 2.75) is 26.7 Å². The fourth-order valence-corrected chi connectivity index (χ4v) is 3.68. The lowest BCUT2D eigenvalue weighted by atomic mass is 10.0. The topological polar surface area (TPSA) is 26.3 Å². The molecule has 0 bridgehead atoms. The fourth-order valence-electron chi connectivity index (χ4n) is 2.45. The highest BCUT2D eigenvalue weighted by molar-refractivity contribution is 7.14. The number of hydrogen-bond acceptors (Lipinski definition) is 3. The average molecular weight is 307 g/mol. The molecule has 1 aliphatic rings. The summed E-state index contributed by atoms with van der Waals surface area (Å²) >= 11 is 7.68. The molecular formula is C16H15ClO2S. The van der Waals surface area contributed by atoms with Crippen LogP contribution in [0.1, 0.15) is 31.2 Å². The van der Waals surface area contributed by atoms with Gasteiger partial charge >= 0.3 is 0 Å². The van der Waals surface area contributed by atoms with Crippen LogP contribution in [-0.2, 0) is 12.8 Å². The molecule has 2 nitrogen and oxygen atoms in total. The number of benzene rings is 1. The monoisotopic (exact) mass is 306 g/mol. The number of carbonyl (C=O) groups excluding carboxylic acids is 1. The highest BCUT2D eigenvalue weighted by Crippen LogP contribution is 2.34. The summed E-state index contributed by atoms with van der Waals surface area (Å²) in [5.41, 5.74) is 3.18. The van der Waals surface area contributed by atoms with Gasteiger partial charge in [-0.25, -0.2) is 0 Å². The van der Waals surface area contributed by atoms with E-state index in [1.54, 1.807) is 11.3 Å². The molecule has 2 heterocycles. The van der Waals surface area contributed by atoms with Crippen molar-refractivity contribution < 1.29 is 9.53 Å². The quantitative estimate of drug-likeness (QED) is 0.787. The molecule has 0 saturated heterocycles. The van der Waals surface area contributed by atoms with Crippen LogP contribution in [0.4, 0.5) is 0 Å². The molecule has 0 saturated carbocycles. The molecule has 3 rings (SSSR count). The van der Waals surface area contributed by atoms with Crippen LogP contribution in [0.3, 0.4) is 0 Å². The van der Waals surface area contributed by atoms with Gasteiger partial charge in [0.25, 0.3) is 0 Å². The predicted molar refractivity (Wildman–Crippen MR) is 82.5 cm³/mol. The number of ether oxygens (including phenoxy) is 1. The van der Waals surface area contributed by atoms with Gasteiger partial charge in [0.05, 0.1) is 11.5 Å². The van der Waals surface area contributed by atoms with Crippen LogP contribution in [0.5, 0.6) is 5.75 Å². The smallest absolute Gasteiger partial charge is 0.177 e. The molecule has 0 N–H and O–H groups in total. The Morgan fingerprint density at radius 3 is 2.85 bits per heavy atom. The SMILES string of the molecule is Cc1cc(C(=O)Cc2cc(Cl)cc3c2OCC3)sc1C. The number of thiophene rings is 1. The zero-order chi connectivity index (χ0) is 14.3. The van der Waals surface area contributed by atoms with E-state index in [1.807, 2.05) is 32.0 Å². The fraction of sp³-hybridized carbons (Fsp3) is 0.312. The summed E-state index contributed by atoms with van der Waals surface area (Å²) in [6, 6.07) is 5.74. The van der Waals surface area contributed by atoms with Crippen LogP contribution in [-0.4, -0.2) is 12.4 Å². The van der Waals surface area contributed by atoms with E-state index in [9.17, 15) is 4.79 Å². The maximum Gasteiger partial charge on any atom is 0.177 e. The summed E-state index contributed by atoms with van der Waals surface area (Å²) in [6.07, 6.45) is 1.22. The van der Waals surface area contributed by atoms with Crippen LogP contribution in [0.25, 0.3) is 0 Å². The van der Waals surface area contributed by atoms with Crippen molar-refractivity contribution >= 4 is 28.7 Å². The van der Waals surface area contributed by atoms with Gasteiger partial charge in [-0.1, -0.05) is 11.6 Å². The standard InChI is InChI=1S/C16H15ClO2S/c1-9-5-15(20-10(9)2)14(18)8-12-7-13(17)6-11-3-4-19-16(11)12/h5-7H,3-4,8H2,1-2H3. The molecular weight excluding hydrogens is 292 g/mol. The van der Waals surface area contributed by atoms with E-state index < -0.39 is 0 Å². The first-order valence-electron chi connectivity index (χ1n) is 6.59. The van der Waals surface area contributed by atoms with Gasteiger partial charge in [0.1, 0.15) is 5.75 Å². The number of halogens is 1. The van der Waals surface area contributed by atoms with Gasteiger partial charge in [-0.3, -0.25) is 4.79 Å². The molecule has 0 atom stereocenters. The lowest BCUT2D eigenvalue weighted by Gasteiger charge is -2.07. The van der Waals surface area contributed by atoms with Crippen LogP contribution >= 0.6 is 22.9 Å². The third-order valence-corrected chi connectivity index (χ3v) is 5.03. The zero-order valence-electron chi connectivity index (χ0n) is 11.5. The Balaban J connectivity index is 1.90. The molecule has 0 amide bonds. The number of carbonyl (C=O) groups is 1. The van der Waals surface area contributed by atoms with Crippen LogP contribution in [0.2, 0.25) is 5.02 Å². The molecule has 0 fully saturated rings. The summed E-state index contributed by atoms with van der Waals surface area (Å²) in [4.78, 5) is 14.4. The Morgan fingerprint density at radius 1 is 1.35 bits per heavy atom. The van der Waals surface area contributed by atoms with Gasteiger partial charge in [0.15, 0.2) is 5.78 Å². The first kappa shape index (κ1) is 13.7. The normalized spacial score (nSPS) is 13.2. The highest BCUT2D eigenvalue weighted by atomic mass is 35.5. The molecule has 104 valence electrons. The summed E-state index contributed by atoms with van der Waals surface area (Å²) in [6.45, 7) is 4.74. The Labute approximate surface area is 127 Å². The second-order valence-electron chi connectivity index (χ2n) is 5.10. The summed E-state index contributed by atoms with van der Waals surface area (Å²) in [7, 11) is 0. The number of Topliss-reactive ketones (excluding diaryl/α,β-unsaturated/α-hetero) is 1. The minimum atomic E-state index is 0.131. The van der Waals surface area contributed by atoms with E-state index in [2.05, 4.69) is 0 Å². The van der Waals surface area contributed by atoms with E-state index in [-0.39, 0.29) is 5.78 Å². The number of rotatable bonds is 3. The molecule has 0 aliphatic carbocycles. The van der Waals surface area contributed by atoms with Crippen molar-refractivity contribution in [2.75, 3.05) is 6.61 Å². The Kier molecular flexibility index (Phi) is 3.57. The largest absolute Gasteiger partial charge is 0.493 e. The first-order chi connectivity index (χ1) is 9.54. The Hall–Kier alpha value is -1.32. The third-order valence-electron chi connectivity index (χ3n) is 3.62. The van der Waals surface area contributed by atoms with Crippen molar-refractivity contribution in [1.29, 1.82) is 0 Å². The Bertz CT molecular complexity index is 669. The van der Waals surface area contributed by atoms with Crippen LogP contribution in [0.15, 0.2) is 18.2 Å². The van der Waals surface area contributed by atoms with Gasteiger partial charge in [-0.15, -0.1) is 11.3 Å². The molecule has 2 aromatic rings. The molecule has 0 spiro atoms. The minimum Gasteiger partial charge on any atom is -0.493 e. The molecule has 1 aromatic carbocycles. The molecule has 0 unspecified atom stereocenters. The Morgan fingerprint density at radius 2 is 2.15 bits per heavy atom. The van der Waals surface area contributed by atoms with E-state index in [4.69, 9.17) is 16.3 Å². The summed E-state index contributed by atoms with van der Waals surface area (Å²) < 4.78 is 5.64. The molecule has 1 aromatic heterocycles. The van der Waals surface area contributed by atoms with Crippen molar-refractivity contribution in [3.05, 3.63) is 49.7 Å². The number of ketones is 1. The second kappa shape index (κ2) is 5.23. The van der Waals surface area contributed by atoms with Crippen molar-refractivity contribution in [1.82, 2.24) is 0 Å². The number of fused-ring (bicyclic) bond motifs is 1. The molecule has 0 radical (unpaired) electrons. The van der Waals surface area contributed by atoms with Crippen LogP contribution in [0, 0.1) is 13.8 Å². The summed E-state index contributed by atoms with van der Waals surface area (Å²) in [5.74, 6) is 0.985. The average Bonchev–Trinajstić information content (AvgIpc) is 2.97. The lowest BCUT2D eigenvalue weighted by molar-refractivity contribution is 0.0996. The van der Waals surface area contributed by atoms with Crippen molar-refractivity contribution in [3.63, 3.8) is 0 Å². The summed E-state index contributed by atoms with van der Waals surface area (Å²) in [5, 5.41) is 0.676. The van der Waals surface area contributed by atoms with Crippen molar-refractivity contribution in [3.8, 4) is 5.75 Å². The van der Waals surface area contributed by atoms with Gasteiger partial charge in [-0.2, -0.15) is 0 Å². The number of hydrogen-bond donors (Lipinski definition) is 0. The first-order valence-corrected chi connectivity index (χ1v) is 7.78. The maximum atomic E-state index is 12.4. The zero-order valence-corrected chi connectivity index (χ0v) is 13.0. The second-order valence-corrected chi connectivity index (χ2v) is 6.79. The van der Waals surface area contributed by atoms with E-state index in [1.165, 1.54) is 10.4 Å². The van der Waals surface area contributed by atoms with Crippen LogP contribution < -0.4 is 4.74 Å². The minimum absolute atomic E-state index is 0.131. The highest BCUT2D eigenvalue weighted by Gasteiger charge is 2.20. The maximum absolute atomic E-state index is 12.4. The van der Waals surface area contributed by atoms with Gasteiger partial charge < -0.3 is 4.74 Å². The van der Waals surface area contributed by atoms with E-state index >= 15 is 0 Å². The third kappa shape index (κ3) is 2.48. The predicted octanol–water partition coefficient (Wildman–Crippen LogP) is 4.38. The number of aryl methyl sites for hydroxylation is 2. The van der Waals surface area contributed by atoms with Gasteiger partial charge in [0.2, 0.25) is 0 Å². The van der Waals surface area contributed by atoms with Gasteiger partial charge in [-0.05, 0) is 43.2 Å². The molecule has 20 heavy (non-hydrogen) atoms.